The molecule has 0 saturated heterocycles. The molecule has 320 valence electrons. The van der Waals surface area contributed by atoms with E-state index in [0.717, 1.165) is 72.8 Å². The van der Waals surface area contributed by atoms with E-state index in [-0.39, 0.29) is 0 Å². The molecule has 0 bridgehead atoms. The molecule has 13 rings (SSSR count). The Morgan fingerprint density at radius 3 is 1.54 bits per heavy atom. The van der Waals surface area contributed by atoms with E-state index >= 15 is 0 Å². The summed E-state index contributed by atoms with van der Waals surface area (Å²) < 4.78 is 8.65. The first-order valence-electron chi connectivity index (χ1n) is 23.2. The van der Waals surface area contributed by atoms with Crippen LogP contribution in [0.4, 0.5) is 34.1 Å². The van der Waals surface area contributed by atoms with Crippen LogP contribution in [0.25, 0.3) is 82.5 Å². The SMILES string of the molecule is c1ccc(-c2ccc(N(c3ccc(-c4ccc(N(c5ccccc5)c5ccc6c7ccccc7n(-c7ccccc7)c6c5)c5ccccc45)cc3)c3ccc4oc5ccccc5c4c3)cc2)cc1. The van der Waals surface area contributed by atoms with Gasteiger partial charge in [-0.25, -0.2) is 0 Å². The number of hydrogen-bond acceptors (Lipinski definition) is 3. The van der Waals surface area contributed by atoms with Gasteiger partial charge in [-0.1, -0.05) is 164 Å². The van der Waals surface area contributed by atoms with Gasteiger partial charge >= 0.3 is 0 Å². The molecule has 0 fully saturated rings. The molecule has 0 amide bonds. The zero-order chi connectivity index (χ0) is 45.0. The fourth-order valence-electron chi connectivity index (χ4n) is 10.2. The average molecular weight is 870 g/mol. The number of anilines is 6. The van der Waals surface area contributed by atoms with Gasteiger partial charge in [-0.15, -0.1) is 0 Å². The Balaban J connectivity index is 0.923. The Hall–Kier alpha value is -9.12. The highest BCUT2D eigenvalue weighted by atomic mass is 16.3. The summed E-state index contributed by atoms with van der Waals surface area (Å²) in [5, 5.41) is 7.02. The molecule has 0 radical (unpaired) electrons. The lowest BCUT2D eigenvalue weighted by atomic mass is 9.96. The van der Waals surface area contributed by atoms with Crippen molar-refractivity contribution in [2.45, 2.75) is 0 Å². The zero-order valence-electron chi connectivity index (χ0n) is 37.1. The molecule has 0 aliphatic rings. The van der Waals surface area contributed by atoms with Gasteiger partial charge in [0.05, 0.1) is 16.7 Å². The Bertz CT molecular complexity index is 3950. The number of para-hydroxylation sites is 4. The summed E-state index contributed by atoms with van der Waals surface area (Å²) in [5.74, 6) is 0. The van der Waals surface area contributed by atoms with E-state index in [2.05, 4.69) is 263 Å². The van der Waals surface area contributed by atoms with Crippen molar-refractivity contribution in [1.82, 2.24) is 4.57 Å². The Morgan fingerprint density at radius 1 is 0.279 bits per heavy atom. The van der Waals surface area contributed by atoms with Crippen molar-refractivity contribution in [2.24, 2.45) is 0 Å². The molecule has 2 aromatic heterocycles. The first-order valence-corrected chi connectivity index (χ1v) is 23.2. The van der Waals surface area contributed by atoms with Gasteiger partial charge in [0, 0.05) is 61.1 Å². The van der Waals surface area contributed by atoms with Gasteiger partial charge in [-0.3, -0.25) is 0 Å². The van der Waals surface area contributed by atoms with E-state index in [1.807, 2.05) is 12.1 Å². The van der Waals surface area contributed by atoms with Crippen LogP contribution in [0.3, 0.4) is 0 Å². The molecule has 68 heavy (non-hydrogen) atoms. The second-order valence-corrected chi connectivity index (χ2v) is 17.3. The second-order valence-electron chi connectivity index (χ2n) is 17.3. The summed E-state index contributed by atoms with van der Waals surface area (Å²) in [6.45, 7) is 0. The van der Waals surface area contributed by atoms with Gasteiger partial charge in [0.25, 0.3) is 0 Å². The minimum atomic E-state index is 0.877. The minimum absolute atomic E-state index is 0.877. The highest BCUT2D eigenvalue weighted by molar-refractivity contribution is 6.12. The van der Waals surface area contributed by atoms with Gasteiger partial charge in [-0.2, -0.15) is 0 Å². The fraction of sp³-hybridized carbons (Fsp3) is 0. The maximum Gasteiger partial charge on any atom is 0.135 e. The standard InChI is InChI=1S/C64H43N3O/c1-4-16-44(17-5-1)45-28-32-49(33-29-45)65(51-37-41-64-59(42-51)58-25-13-15-27-63(58)68-64)50-34-30-46(31-35-50)53-39-40-61(55-23-11-10-22-54(53)55)66(47-18-6-2-7-19-47)52-36-38-57-56-24-12-14-26-60(56)67(62(57)43-52)48-20-8-3-9-21-48/h1-43H. The van der Waals surface area contributed by atoms with E-state index in [9.17, 15) is 0 Å². The lowest BCUT2D eigenvalue weighted by Gasteiger charge is -2.28. The molecule has 0 aliphatic heterocycles. The third-order valence-corrected chi connectivity index (χ3v) is 13.4. The second kappa shape index (κ2) is 16.4. The van der Waals surface area contributed by atoms with Crippen LogP contribution in [0.1, 0.15) is 0 Å². The van der Waals surface area contributed by atoms with Crippen molar-refractivity contribution in [3.05, 3.63) is 261 Å². The highest BCUT2D eigenvalue weighted by Crippen LogP contribution is 2.45. The molecule has 0 saturated carbocycles. The Kier molecular flexibility index (Phi) is 9.47. The van der Waals surface area contributed by atoms with Gasteiger partial charge in [0.1, 0.15) is 11.2 Å². The molecule has 13 aromatic rings. The molecule has 4 heteroatoms. The number of rotatable bonds is 9. The van der Waals surface area contributed by atoms with Crippen molar-refractivity contribution in [2.75, 3.05) is 9.80 Å². The molecule has 2 heterocycles. The molecular formula is C64H43N3O. The molecule has 0 unspecified atom stereocenters. The van der Waals surface area contributed by atoms with Crippen LogP contribution in [0.15, 0.2) is 265 Å². The molecule has 0 spiro atoms. The van der Waals surface area contributed by atoms with E-state index in [0.29, 0.717) is 0 Å². The topological polar surface area (TPSA) is 24.6 Å². The van der Waals surface area contributed by atoms with Crippen LogP contribution in [0.5, 0.6) is 0 Å². The smallest absolute Gasteiger partial charge is 0.135 e. The maximum absolute atomic E-state index is 6.26. The number of nitrogens with zero attached hydrogens (tertiary/aromatic N) is 3. The number of furan rings is 1. The molecule has 0 atom stereocenters. The summed E-state index contributed by atoms with van der Waals surface area (Å²) in [4.78, 5) is 4.75. The van der Waals surface area contributed by atoms with Crippen molar-refractivity contribution >= 4 is 88.6 Å². The quantitative estimate of drug-likeness (QED) is 0.144. The number of hydrogen-bond donors (Lipinski definition) is 0. The zero-order valence-corrected chi connectivity index (χ0v) is 37.1. The number of fused-ring (bicyclic) bond motifs is 7. The molecule has 11 aromatic carbocycles. The fourth-order valence-corrected chi connectivity index (χ4v) is 10.2. The summed E-state index contributed by atoms with van der Waals surface area (Å²) in [6.07, 6.45) is 0. The van der Waals surface area contributed by atoms with Crippen LogP contribution >= 0.6 is 0 Å². The van der Waals surface area contributed by atoms with Crippen molar-refractivity contribution in [3.8, 4) is 27.9 Å². The van der Waals surface area contributed by atoms with Gasteiger partial charge in [0.2, 0.25) is 0 Å². The number of aromatic nitrogens is 1. The molecule has 0 aliphatic carbocycles. The summed E-state index contributed by atoms with van der Waals surface area (Å²) >= 11 is 0. The van der Waals surface area contributed by atoms with E-state index in [1.54, 1.807) is 0 Å². The summed E-state index contributed by atoms with van der Waals surface area (Å²) in [5.41, 5.74) is 16.4. The van der Waals surface area contributed by atoms with E-state index < -0.39 is 0 Å². The predicted octanol–water partition coefficient (Wildman–Crippen LogP) is 18.1. The minimum Gasteiger partial charge on any atom is -0.456 e. The van der Waals surface area contributed by atoms with Crippen molar-refractivity contribution in [3.63, 3.8) is 0 Å². The molecule has 0 N–H and O–H groups in total. The van der Waals surface area contributed by atoms with Crippen LogP contribution in [-0.4, -0.2) is 4.57 Å². The monoisotopic (exact) mass is 869 g/mol. The van der Waals surface area contributed by atoms with Crippen LogP contribution in [-0.2, 0) is 0 Å². The first-order chi connectivity index (χ1) is 33.7. The van der Waals surface area contributed by atoms with Crippen molar-refractivity contribution < 1.29 is 4.42 Å². The largest absolute Gasteiger partial charge is 0.456 e. The maximum atomic E-state index is 6.26. The molecule has 4 nitrogen and oxygen atoms in total. The van der Waals surface area contributed by atoms with Crippen molar-refractivity contribution in [1.29, 1.82) is 0 Å². The van der Waals surface area contributed by atoms with Gasteiger partial charge < -0.3 is 18.8 Å². The van der Waals surface area contributed by atoms with E-state index in [4.69, 9.17) is 4.42 Å². The third kappa shape index (κ3) is 6.69. The first kappa shape index (κ1) is 39.3. The highest BCUT2D eigenvalue weighted by Gasteiger charge is 2.21. The normalized spacial score (nSPS) is 11.5. The third-order valence-electron chi connectivity index (χ3n) is 13.4. The van der Waals surface area contributed by atoms with Crippen LogP contribution in [0, 0.1) is 0 Å². The molecular weight excluding hydrogens is 827 g/mol. The van der Waals surface area contributed by atoms with Crippen LogP contribution < -0.4 is 9.80 Å². The lowest BCUT2D eigenvalue weighted by molar-refractivity contribution is 0.669. The predicted molar refractivity (Wildman–Crippen MR) is 286 cm³/mol. The lowest BCUT2D eigenvalue weighted by Crippen LogP contribution is -2.11. The van der Waals surface area contributed by atoms with Gasteiger partial charge in [-0.05, 0) is 125 Å². The van der Waals surface area contributed by atoms with Gasteiger partial charge in [0.15, 0.2) is 0 Å². The number of benzene rings is 11. The van der Waals surface area contributed by atoms with E-state index in [1.165, 1.54) is 43.8 Å². The summed E-state index contributed by atoms with van der Waals surface area (Å²) in [6, 6.07) is 93.7. The average Bonchev–Trinajstić information content (AvgIpc) is 3.95. The Labute approximate surface area is 394 Å². The summed E-state index contributed by atoms with van der Waals surface area (Å²) in [7, 11) is 0. The Morgan fingerprint density at radius 2 is 0.794 bits per heavy atom. The van der Waals surface area contributed by atoms with Crippen LogP contribution in [0.2, 0.25) is 0 Å².